The predicted molar refractivity (Wildman–Crippen MR) is 372 cm³/mol. The Bertz CT molecular complexity index is 1820. The van der Waals surface area contributed by atoms with E-state index in [0.717, 1.165) is 114 Å². The van der Waals surface area contributed by atoms with E-state index < -0.39 is 97.5 Å². The highest BCUT2D eigenvalue weighted by Crippen LogP contribution is 2.45. The smallest absolute Gasteiger partial charge is 0.462 e. The van der Waals surface area contributed by atoms with Crippen LogP contribution in [0.3, 0.4) is 0 Å². The lowest BCUT2D eigenvalue weighted by atomic mass is 10.0. The number of aliphatic hydroxyl groups is 1. The van der Waals surface area contributed by atoms with E-state index >= 15 is 0 Å². The summed E-state index contributed by atoms with van der Waals surface area (Å²) in [6.45, 7) is 14.1. The third-order valence-corrected chi connectivity index (χ3v) is 18.7. The molecule has 0 aliphatic heterocycles. The maximum Gasteiger partial charge on any atom is 0.472 e. The van der Waals surface area contributed by atoms with Crippen LogP contribution in [0, 0.1) is 23.7 Å². The van der Waals surface area contributed by atoms with Crippen LogP contribution < -0.4 is 0 Å². The van der Waals surface area contributed by atoms with Gasteiger partial charge in [-0.15, -0.1) is 0 Å². The largest absolute Gasteiger partial charge is 0.472 e. The number of aliphatic hydroxyl groups excluding tert-OH is 1. The number of esters is 4. The number of phosphoric acid groups is 2. The molecule has 0 aliphatic carbocycles. The molecule has 0 rings (SSSR count). The summed E-state index contributed by atoms with van der Waals surface area (Å²) in [5.41, 5.74) is 0. The molecule has 17 nitrogen and oxygen atoms in total. The summed E-state index contributed by atoms with van der Waals surface area (Å²) in [6.07, 6.45) is 46.0. The van der Waals surface area contributed by atoms with E-state index in [1.807, 2.05) is 0 Å². The Kier molecular flexibility index (Phi) is 61.3. The normalized spacial score (nSPS) is 14.2. The maximum atomic E-state index is 13.0. The second kappa shape index (κ2) is 62.6. The minimum atomic E-state index is -4.95. The van der Waals surface area contributed by atoms with Crippen molar-refractivity contribution in [1.82, 2.24) is 0 Å². The van der Waals surface area contributed by atoms with Gasteiger partial charge in [-0.05, 0) is 49.4 Å². The molecule has 92 heavy (non-hydrogen) atoms. The van der Waals surface area contributed by atoms with Gasteiger partial charge in [0.15, 0.2) is 12.2 Å². The standard InChI is InChI=1S/C73H142O17P2/c1-63(2)49-41-33-25-19-15-11-9-13-17-21-28-37-45-53-70(75)83-59-68(90-73(78)56-48-40-30-24-23-27-35-43-51-65(5)6)61-87-91(79,80)85-57-67(74)58-86-92(81,82)88-62-69(60-84-71(76)54-46-38-32-31-36-44-52-66(7)8)89-72(77)55-47-39-29-22-18-14-10-12-16-20-26-34-42-50-64(3)4/h63-69,74H,9-62H2,1-8H3,(H,79,80)(H,81,82)/t67-,68-,69-/m1/s1. The SMILES string of the molecule is CC(C)CCCCCCCCCCCCCCCC(=O)OC[C@H](COP(=O)(O)OC[C@@H](O)COP(=O)(O)OC[C@@H](COC(=O)CCCCCCCCC(C)C)OC(=O)CCCCCCCCCCCCCCCC(C)C)OC(=O)CCCCCCCCCCC(C)C. The van der Waals surface area contributed by atoms with Gasteiger partial charge in [-0.1, -0.05) is 312 Å². The highest BCUT2D eigenvalue weighted by atomic mass is 31.2. The third kappa shape index (κ3) is 66.7. The fourth-order valence-electron chi connectivity index (χ4n) is 11.0. The Balaban J connectivity index is 5.21. The number of hydrogen-bond acceptors (Lipinski definition) is 15. The van der Waals surface area contributed by atoms with Crippen LogP contribution in [-0.2, 0) is 65.4 Å². The van der Waals surface area contributed by atoms with Crippen LogP contribution in [0.1, 0.15) is 364 Å². The first-order valence-corrected chi connectivity index (χ1v) is 40.7. The van der Waals surface area contributed by atoms with Gasteiger partial charge in [0, 0.05) is 25.7 Å². The Hall–Kier alpha value is -1.94. The number of carbonyl (C=O) groups excluding carboxylic acids is 4. The van der Waals surface area contributed by atoms with Gasteiger partial charge in [0.1, 0.15) is 19.3 Å². The lowest BCUT2D eigenvalue weighted by Crippen LogP contribution is -2.30. The number of ether oxygens (including phenoxy) is 4. The third-order valence-electron chi connectivity index (χ3n) is 16.8. The van der Waals surface area contributed by atoms with Gasteiger partial charge in [0.05, 0.1) is 26.4 Å². The lowest BCUT2D eigenvalue weighted by molar-refractivity contribution is -0.161. The zero-order chi connectivity index (χ0) is 68.2. The summed E-state index contributed by atoms with van der Waals surface area (Å²) < 4.78 is 68.4. The van der Waals surface area contributed by atoms with E-state index in [1.165, 1.54) is 161 Å². The van der Waals surface area contributed by atoms with Crippen molar-refractivity contribution in [2.45, 2.75) is 382 Å². The highest BCUT2D eigenvalue weighted by Gasteiger charge is 2.30. The van der Waals surface area contributed by atoms with Crippen molar-refractivity contribution in [3.05, 3.63) is 0 Å². The molecule has 0 saturated heterocycles. The van der Waals surface area contributed by atoms with Gasteiger partial charge in [0.25, 0.3) is 0 Å². The molecule has 19 heteroatoms. The van der Waals surface area contributed by atoms with E-state index in [0.29, 0.717) is 31.6 Å². The van der Waals surface area contributed by atoms with Gasteiger partial charge in [0.2, 0.25) is 0 Å². The van der Waals surface area contributed by atoms with E-state index in [9.17, 15) is 43.2 Å². The van der Waals surface area contributed by atoms with Crippen molar-refractivity contribution < 1.29 is 80.2 Å². The predicted octanol–water partition coefficient (Wildman–Crippen LogP) is 20.9. The van der Waals surface area contributed by atoms with Crippen LogP contribution in [0.5, 0.6) is 0 Å². The van der Waals surface area contributed by atoms with E-state index in [4.69, 9.17) is 37.0 Å². The second-order valence-corrected chi connectivity index (χ2v) is 31.1. The molecule has 0 aliphatic rings. The summed E-state index contributed by atoms with van der Waals surface area (Å²) in [6, 6.07) is 0. The number of unbranched alkanes of at least 4 members (excludes halogenated alkanes) is 36. The monoisotopic (exact) mass is 1350 g/mol. The quantitative estimate of drug-likeness (QED) is 0.0222. The van der Waals surface area contributed by atoms with Crippen LogP contribution in [0.4, 0.5) is 0 Å². The Morgan fingerprint density at radius 3 is 0.674 bits per heavy atom. The van der Waals surface area contributed by atoms with Crippen molar-refractivity contribution in [2.24, 2.45) is 23.7 Å². The topological polar surface area (TPSA) is 237 Å². The number of carbonyl (C=O) groups is 4. The van der Waals surface area contributed by atoms with Gasteiger partial charge < -0.3 is 33.8 Å². The Morgan fingerprint density at radius 2 is 0.457 bits per heavy atom. The van der Waals surface area contributed by atoms with E-state index in [2.05, 4.69) is 55.4 Å². The lowest BCUT2D eigenvalue weighted by Gasteiger charge is -2.21. The summed E-state index contributed by atoms with van der Waals surface area (Å²) in [5, 5.41) is 10.6. The number of hydrogen-bond donors (Lipinski definition) is 3. The van der Waals surface area contributed by atoms with Gasteiger partial charge in [-0.25, -0.2) is 9.13 Å². The van der Waals surface area contributed by atoms with Crippen molar-refractivity contribution in [3.8, 4) is 0 Å². The van der Waals surface area contributed by atoms with Crippen molar-refractivity contribution in [2.75, 3.05) is 39.6 Å². The van der Waals surface area contributed by atoms with Crippen LogP contribution in [-0.4, -0.2) is 96.7 Å². The number of phosphoric ester groups is 2. The molecule has 0 heterocycles. The molecule has 2 unspecified atom stereocenters. The van der Waals surface area contributed by atoms with E-state index in [1.54, 1.807) is 0 Å². The molecule has 0 aromatic heterocycles. The Labute approximate surface area is 562 Å². The van der Waals surface area contributed by atoms with Gasteiger partial charge in [-0.2, -0.15) is 0 Å². The maximum absolute atomic E-state index is 13.0. The van der Waals surface area contributed by atoms with E-state index in [-0.39, 0.29) is 25.7 Å². The molecule has 0 bridgehead atoms. The summed E-state index contributed by atoms with van der Waals surface area (Å²) in [5.74, 6) is 0.847. The average molecular weight is 1350 g/mol. The average Bonchev–Trinajstić information content (AvgIpc) is 2.53. The van der Waals surface area contributed by atoms with Crippen LogP contribution in [0.2, 0.25) is 0 Å². The summed E-state index contributed by atoms with van der Waals surface area (Å²) in [4.78, 5) is 72.6. The summed E-state index contributed by atoms with van der Waals surface area (Å²) >= 11 is 0. The first-order chi connectivity index (χ1) is 44.1. The molecule has 0 radical (unpaired) electrons. The molecule has 0 fully saturated rings. The first-order valence-electron chi connectivity index (χ1n) is 37.7. The van der Waals surface area contributed by atoms with Crippen LogP contribution in [0.25, 0.3) is 0 Å². The molecular weight excluding hydrogens is 1210 g/mol. The first kappa shape index (κ1) is 90.1. The number of rotatable bonds is 70. The minimum Gasteiger partial charge on any atom is -0.462 e. The molecule has 546 valence electrons. The molecule has 3 N–H and O–H groups in total. The minimum absolute atomic E-state index is 0.104. The van der Waals surface area contributed by atoms with Gasteiger partial charge >= 0.3 is 39.5 Å². The molecule has 0 saturated carbocycles. The molecule has 0 amide bonds. The van der Waals surface area contributed by atoms with Crippen molar-refractivity contribution >= 4 is 39.5 Å². The zero-order valence-corrected chi connectivity index (χ0v) is 62.0. The molecule has 0 aromatic carbocycles. The second-order valence-electron chi connectivity index (χ2n) is 28.2. The fourth-order valence-corrected chi connectivity index (χ4v) is 12.6. The fraction of sp³-hybridized carbons (Fsp3) is 0.945. The van der Waals surface area contributed by atoms with Gasteiger partial charge in [-0.3, -0.25) is 37.3 Å². The molecule has 0 spiro atoms. The molecule has 5 atom stereocenters. The van der Waals surface area contributed by atoms with Crippen LogP contribution in [0.15, 0.2) is 0 Å². The highest BCUT2D eigenvalue weighted by molar-refractivity contribution is 7.47. The zero-order valence-electron chi connectivity index (χ0n) is 60.2. The van der Waals surface area contributed by atoms with Crippen molar-refractivity contribution in [3.63, 3.8) is 0 Å². The Morgan fingerprint density at radius 1 is 0.272 bits per heavy atom. The van der Waals surface area contributed by atoms with Crippen molar-refractivity contribution in [1.29, 1.82) is 0 Å². The van der Waals surface area contributed by atoms with Crippen LogP contribution >= 0.6 is 15.6 Å². The molecular formula is C73H142O17P2. The molecule has 0 aromatic rings. The summed E-state index contributed by atoms with van der Waals surface area (Å²) in [7, 11) is -9.91.